The first-order valence-electron chi connectivity index (χ1n) is 7.04. The first-order chi connectivity index (χ1) is 9.97. The molecule has 3 heterocycles. The van der Waals surface area contributed by atoms with Gasteiger partial charge in [-0.15, -0.1) is 0 Å². The SMILES string of the molecule is CCC(=O)Oc1c(C)c2c(C)c(C(C)=O)c3cccc1n32. The number of hydrogen-bond acceptors (Lipinski definition) is 3. The van der Waals surface area contributed by atoms with E-state index in [-0.39, 0.29) is 11.8 Å². The summed E-state index contributed by atoms with van der Waals surface area (Å²) in [6.45, 7) is 7.22. The van der Waals surface area contributed by atoms with Crippen molar-refractivity contribution in [2.24, 2.45) is 0 Å². The van der Waals surface area contributed by atoms with Crippen LogP contribution < -0.4 is 4.74 Å². The third-order valence-electron chi connectivity index (χ3n) is 3.99. The van der Waals surface area contributed by atoms with Crippen LogP contribution >= 0.6 is 0 Å². The minimum atomic E-state index is -0.253. The van der Waals surface area contributed by atoms with Gasteiger partial charge in [-0.25, -0.2) is 0 Å². The topological polar surface area (TPSA) is 47.8 Å². The lowest BCUT2D eigenvalue weighted by atomic mass is 10.1. The molecule has 0 aliphatic carbocycles. The van der Waals surface area contributed by atoms with Crippen molar-refractivity contribution in [1.82, 2.24) is 4.40 Å². The number of ketones is 1. The molecule has 0 saturated carbocycles. The number of esters is 1. The Morgan fingerprint density at radius 2 is 1.81 bits per heavy atom. The molecule has 3 rings (SSSR count). The highest BCUT2D eigenvalue weighted by Crippen LogP contribution is 2.39. The van der Waals surface area contributed by atoms with Gasteiger partial charge in [0.05, 0.1) is 16.6 Å². The summed E-state index contributed by atoms with van der Waals surface area (Å²) in [6, 6.07) is 5.72. The zero-order chi connectivity index (χ0) is 15.3. The number of aromatic nitrogens is 1. The van der Waals surface area contributed by atoms with Crippen molar-refractivity contribution in [2.45, 2.75) is 34.1 Å². The normalized spacial score (nSPS) is 11.4. The molecule has 4 nitrogen and oxygen atoms in total. The average molecular weight is 283 g/mol. The van der Waals surface area contributed by atoms with Gasteiger partial charge < -0.3 is 9.14 Å². The Labute approximate surface area is 122 Å². The van der Waals surface area contributed by atoms with E-state index in [0.717, 1.165) is 33.2 Å². The number of carbonyl (C=O) groups is 2. The minimum Gasteiger partial charge on any atom is -0.424 e. The molecule has 0 unspecified atom stereocenters. The highest BCUT2D eigenvalue weighted by molar-refractivity contribution is 6.07. The number of hydrogen-bond donors (Lipinski definition) is 0. The molecule has 0 aliphatic rings. The fourth-order valence-electron chi connectivity index (χ4n) is 3.11. The predicted molar refractivity (Wildman–Crippen MR) is 81.5 cm³/mol. The largest absolute Gasteiger partial charge is 0.424 e. The van der Waals surface area contributed by atoms with E-state index in [1.54, 1.807) is 13.8 Å². The van der Waals surface area contributed by atoms with Gasteiger partial charge in [0.1, 0.15) is 0 Å². The second-order valence-corrected chi connectivity index (χ2v) is 5.32. The third-order valence-corrected chi connectivity index (χ3v) is 3.99. The summed E-state index contributed by atoms with van der Waals surface area (Å²) in [4.78, 5) is 23.6. The van der Waals surface area contributed by atoms with Crippen LogP contribution in [0.1, 0.15) is 41.8 Å². The monoisotopic (exact) mass is 283 g/mol. The Balaban J connectivity index is 2.41. The summed E-state index contributed by atoms with van der Waals surface area (Å²) in [5.41, 5.74) is 5.25. The minimum absolute atomic E-state index is 0.0511. The summed E-state index contributed by atoms with van der Waals surface area (Å²) in [5.74, 6) is 0.396. The maximum absolute atomic E-state index is 11.9. The molecule has 0 amide bonds. The Hall–Kier alpha value is -2.36. The van der Waals surface area contributed by atoms with Gasteiger partial charge in [-0.3, -0.25) is 9.59 Å². The molecular weight excluding hydrogens is 266 g/mol. The van der Waals surface area contributed by atoms with Crippen LogP contribution in [0.15, 0.2) is 18.2 Å². The number of rotatable bonds is 3. The molecule has 0 bridgehead atoms. The number of ether oxygens (including phenoxy) is 1. The number of aryl methyl sites for hydroxylation is 2. The van der Waals surface area contributed by atoms with Gasteiger partial charge >= 0.3 is 5.97 Å². The molecule has 0 saturated heterocycles. The molecule has 0 radical (unpaired) electrons. The van der Waals surface area contributed by atoms with E-state index in [1.165, 1.54) is 0 Å². The number of pyridine rings is 1. The molecule has 108 valence electrons. The zero-order valence-corrected chi connectivity index (χ0v) is 12.6. The molecule has 0 N–H and O–H groups in total. The van der Waals surface area contributed by atoms with Crippen molar-refractivity contribution in [3.8, 4) is 5.75 Å². The fourth-order valence-corrected chi connectivity index (χ4v) is 3.11. The lowest BCUT2D eigenvalue weighted by Crippen LogP contribution is -2.06. The average Bonchev–Trinajstić information content (AvgIpc) is 2.90. The molecular formula is C17H17NO3. The van der Waals surface area contributed by atoms with Gasteiger partial charge in [-0.2, -0.15) is 0 Å². The Morgan fingerprint density at radius 1 is 1.14 bits per heavy atom. The van der Waals surface area contributed by atoms with Crippen molar-refractivity contribution in [3.05, 3.63) is 34.9 Å². The van der Waals surface area contributed by atoms with Crippen molar-refractivity contribution >= 4 is 28.3 Å². The third kappa shape index (κ3) is 1.75. The van der Waals surface area contributed by atoms with Crippen molar-refractivity contribution in [2.75, 3.05) is 0 Å². The van der Waals surface area contributed by atoms with E-state index in [9.17, 15) is 9.59 Å². The molecule has 0 fully saturated rings. The summed E-state index contributed by atoms with van der Waals surface area (Å²) in [5, 5.41) is 0. The molecule has 0 aliphatic heterocycles. The highest BCUT2D eigenvalue weighted by atomic mass is 16.5. The van der Waals surface area contributed by atoms with Crippen LogP contribution in [0.5, 0.6) is 5.75 Å². The predicted octanol–water partition coefficient (Wildman–Crippen LogP) is 3.67. The molecule has 0 aromatic carbocycles. The lowest BCUT2D eigenvalue weighted by molar-refractivity contribution is -0.133. The Morgan fingerprint density at radius 3 is 2.43 bits per heavy atom. The van der Waals surface area contributed by atoms with Gasteiger partial charge in [0, 0.05) is 17.5 Å². The highest BCUT2D eigenvalue weighted by Gasteiger charge is 2.24. The van der Waals surface area contributed by atoms with E-state index in [1.807, 2.05) is 36.4 Å². The Bertz CT molecular complexity index is 873. The molecule has 4 heteroatoms. The first-order valence-corrected chi connectivity index (χ1v) is 7.04. The quantitative estimate of drug-likeness (QED) is 0.544. The van der Waals surface area contributed by atoms with Gasteiger partial charge in [-0.05, 0) is 38.5 Å². The van der Waals surface area contributed by atoms with Crippen LogP contribution in [0.4, 0.5) is 0 Å². The molecule has 0 spiro atoms. The van der Waals surface area contributed by atoms with Crippen molar-refractivity contribution < 1.29 is 14.3 Å². The van der Waals surface area contributed by atoms with Crippen molar-refractivity contribution in [3.63, 3.8) is 0 Å². The van der Waals surface area contributed by atoms with Gasteiger partial charge in [0.15, 0.2) is 11.5 Å². The Kier molecular flexibility index (Phi) is 2.97. The summed E-state index contributed by atoms with van der Waals surface area (Å²) < 4.78 is 7.51. The standard InChI is InChI=1S/C17H17NO3/c1-5-14(20)21-17-10(3)16-9(2)15(11(4)19)12-7-6-8-13(17)18(12)16/h6-8H,5H2,1-4H3. The van der Waals surface area contributed by atoms with Crippen LogP contribution in [0.2, 0.25) is 0 Å². The van der Waals surface area contributed by atoms with Crippen molar-refractivity contribution in [1.29, 1.82) is 0 Å². The number of carbonyl (C=O) groups excluding carboxylic acids is 2. The van der Waals surface area contributed by atoms with Gasteiger partial charge in [-0.1, -0.05) is 13.0 Å². The van der Waals surface area contributed by atoms with E-state index < -0.39 is 0 Å². The van der Waals surface area contributed by atoms with Gasteiger partial charge in [0.2, 0.25) is 0 Å². The van der Waals surface area contributed by atoms with E-state index in [4.69, 9.17) is 4.74 Å². The van der Waals surface area contributed by atoms with Crippen LogP contribution in [-0.4, -0.2) is 16.2 Å². The molecule has 21 heavy (non-hydrogen) atoms. The summed E-state index contributed by atoms with van der Waals surface area (Å²) in [7, 11) is 0. The zero-order valence-electron chi connectivity index (χ0n) is 12.6. The molecule has 3 aromatic rings. The lowest BCUT2D eigenvalue weighted by Gasteiger charge is -2.04. The molecule has 3 aromatic heterocycles. The first kappa shape index (κ1) is 13.6. The van der Waals surface area contributed by atoms with Crippen LogP contribution in [0.3, 0.4) is 0 Å². The smallest absolute Gasteiger partial charge is 0.310 e. The maximum Gasteiger partial charge on any atom is 0.310 e. The summed E-state index contributed by atoms with van der Waals surface area (Å²) >= 11 is 0. The second kappa shape index (κ2) is 4.58. The van der Waals surface area contributed by atoms with E-state index in [0.29, 0.717) is 12.2 Å². The second-order valence-electron chi connectivity index (χ2n) is 5.32. The maximum atomic E-state index is 11.9. The van der Waals surface area contributed by atoms with Crippen LogP contribution in [0.25, 0.3) is 16.6 Å². The summed E-state index contributed by atoms with van der Waals surface area (Å²) in [6.07, 6.45) is 0.333. The van der Waals surface area contributed by atoms with Crippen LogP contribution in [-0.2, 0) is 4.79 Å². The van der Waals surface area contributed by atoms with E-state index >= 15 is 0 Å². The number of nitrogens with zero attached hydrogens (tertiary/aromatic N) is 1. The molecule has 0 atom stereocenters. The number of Topliss-reactive ketones (excluding diaryl/α,β-unsaturated/α-hetero) is 1. The van der Waals surface area contributed by atoms with Crippen LogP contribution in [0, 0.1) is 13.8 Å². The van der Waals surface area contributed by atoms with Gasteiger partial charge in [0.25, 0.3) is 0 Å². The van der Waals surface area contributed by atoms with E-state index in [2.05, 4.69) is 0 Å². The fraction of sp³-hybridized carbons (Fsp3) is 0.294.